The SMILES string of the molecule is CCc1cc(NC2CCOC2)ccc1C. The third-order valence-electron chi connectivity index (χ3n) is 3.03. The zero-order valence-electron chi connectivity index (χ0n) is 9.55. The molecule has 1 saturated heterocycles. The van der Waals surface area contributed by atoms with Crippen LogP contribution in [0.3, 0.4) is 0 Å². The number of benzene rings is 1. The number of aryl methyl sites for hydroxylation is 2. The van der Waals surface area contributed by atoms with Gasteiger partial charge in [-0.05, 0) is 43.0 Å². The molecule has 1 aliphatic rings. The standard InChI is InChI=1S/C13H19NO/c1-3-11-8-12(5-4-10(11)2)14-13-6-7-15-9-13/h4-5,8,13-14H,3,6-7,9H2,1-2H3. The van der Waals surface area contributed by atoms with Crippen molar-refractivity contribution >= 4 is 5.69 Å². The van der Waals surface area contributed by atoms with Crippen molar-refractivity contribution in [1.82, 2.24) is 0 Å². The third kappa shape index (κ3) is 2.51. The molecule has 1 heterocycles. The van der Waals surface area contributed by atoms with Crippen LogP contribution in [0.2, 0.25) is 0 Å². The molecule has 1 aromatic carbocycles. The maximum Gasteiger partial charge on any atom is 0.0668 e. The molecule has 1 atom stereocenters. The average Bonchev–Trinajstić information content (AvgIpc) is 2.73. The van der Waals surface area contributed by atoms with Gasteiger partial charge in [-0.2, -0.15) is 0 Å². The molecule has 15 heavy (non-hydrogen) atoms. The first-order valence-corrected chi connectivity index (χ1v) is 5.73. The van der Waals surface area contributed by atoms with Crippen LogP contribution in [-0.2, 0) is 11.2 Å². The summed E-state index contributed by atoms with van der Waals surface area (Å²) in [4.78, 5) is 0. The molecule has 1 aromatic rings. The highest BCUT2D eigenvalue weighted by molar-refractivity contribution is 5.49. The topological polar surface area (TPSA) is 21.3 Å². The lowest BCUT2D eigenvalue weighted by atomic mass is 10.1. The van der Waals surface area contributed by atoms with Gasteiger partial charge in [0, 0.05) is 12.3 Å². The minimum absolute atomic E-state index is 0.498. The van der Waals surface area contributed by atoms with Crippen LogP contribution in [0.15, 0.2) is 18.2 Å². The largest absolute Gasteiger partial charge is 0.380 e. The van der Waals surface area contributed by atoms with E-state index in [1.165, 1.54) is 16.8 Å². The van der Waals surface area contributed by atoms with Crippen LogP contribution in [0.1, 0.15) is 24.5 Å². The average molecular weight is 205 g/mol. The molecule has 0 amide bonds. The third-order valence-corrected chi connectivity index (χ3v) is 3.03. The van der Waals surface area contributed by atoms with Gasteiger partial charge >= 0.3 is 0 Å². The minimum atomic E-state index is 0.498. The van der Waals surface area contributed by atoms with Gasteiger partial charge in [-0.15, -0.1) is 0 Å². The highest BCUT2D eigenvalue weighted by atomic mass is 16.5. The van der Waals surface area contributed by atoms with E-state index in [9.17, 15) is 0 Å². The molecule has 0 saturated carbocycles. The van der Waals surface area contributed by atoms with Gasteiger partial charge in [0.2, 0.25) is 0 Å². The molecule has 0 aromatic heterocycles. The second-order valence-electron chi connectivity index (χ2n) is 4.20. The van der Waals surface area contributed by atoms with Crippen molar-refractivity contribution in [3.63, 3.8) is 0 Å². The van der Waals surface area contributed by atoms with E-state index in [-0.39, 0.29) is 0 Å². The van der Waals surface area contributed by atoms with Crippen molar-refractivity contribution in [1.29, 1.82) is 0 Å². The number of hydrogen-bond donors (Lipinski definition) is 1. The van der Waals surface area contributed by atoms with Gasteiger partial charge in [-0.25, -0.2) is 0 Å². The summed E-state index contributed by atoms with van der Waals surface area (Å²) in [6.45, 7) is 6.10. The predicted octanol–water partition coefficient (Wildman–Crippen LogP) is 2.76. The summed E-state index contributed by atoms with van der Waals surface area (Å²) in [6.07, 6.45) is 2.22. The first-order valence-electron chi connectivity index (χ1n) is 5.73. The fourth-order valence-electron chi connectivity index (χ4n) is 2.03. The van der Waals surface area contributed by atoms with Crippen LogP contribution in [0.5, 0.6) is 0 Å². The van der Waals surface area contributed by atoms with E-state index in [0.29, 0.717) is 6.04 Å². The Morgan fingerprint density at radius 3 is 3.00 bits per heavy atom. The molecule has 1 aliphatic heterocycles. The highest BCUT2D eigenvalue weighted by Crippen LogP contribution is 2.18. The maximum atomic E-state index is 5.35. The first kappa shape index (κ1) is 10.5. The molecule has 0 radical (unpaired) electrons. The Labute approximate surface area is 91.6 Å². The van der Waals surface area contributed by atoms with Gasteiger partial charge in [-0.3, -0.25) is 0 Å². The van der Waals surface area contributed by atoms with Crippen LogP contribution in [0, 0.1) is 6.92 Å². The maximum absolute atomic E-state index is 5.35. The van der Waals surface area contributed by atoms with Crippen molar-refractivity contribution in [3.05, 3.63) is 29.3 Å². The molecule has 1 fully saturated rings. The summed E-state index contributed by atoms with van der Waals surface area (Å²) in [5, 5.41) is 3.52. The molecule has 2 heteroatoms. The van der Waals surface area contributed by atoms with Gasteiger partial charge in [0.1, 0.15) is 0 Å². The van der Waals surface area contributed by atoms with Crippen LogP contribution in [0.4, 0.5) is 5.69 Å². The number of hydrogen-bond acceptors (Lipinski definition) is 2. The summed E-state index contributed by atoms with van der Waals surface area (Å²) in [6, 6.07) is 7.11. The van der Waals surface area contributed by atoms with E-state index >= 15 is 0 Å². The van der Waals surface area contributed by atoms with E-state index in [4.69, 9.17) is 4.74 Å². The van der Waals surface area contributed by atoms with Crippen molar-refractivity contribution in [3.8, 4) is 0 Å². The summed E-state index contributed by atoms with van der Waals surface area (Å²) in [7, 11) is 0. The highest BCUT2D eigenvalue weighted by Gasteiger charge is 2.14. The second kappa shape index (κ2) is 4.67. The van der Waals surface area contributed by atoms with E-state index in [1.54, 1.807) is 0 Å². The lowest BCUT2D eigenvalue weighted by Gasteiger charge is -2.14. The Bertz CT molecular complexity index is 329. The molecule has 0 bridgehead atoms. The number of anilines is 1. The summed E-state index contributed by atoms with van der Waals surface area (Å²) >= 11 is 0. The summed E-state index contributed by atoms with van der Waals surface area (Å²) < 4.78 is 5.35. The Morgan fingerprint density at radius 1 is 1.47 bits per heavy atom. The van der Waals surface area contributed by atoms with E-state index in [0.717, 1.165) is 26.1 Å². The van der Waals surface area contributed by atoms with Crippen LogP contribution in [0.25, 0.3) is 0 Å². The molecular formula is C13H19NO. The zero-order chi connectivity index (χ0) is 10.7. The fraction of sp³-hybridized carbons (Fsp3) is 0.538. The van der Waals surface area contributed by atoms with Crippen molar-refractivity contribution in [2.75, 3.05) is 18.5 Å². The van der Waals surface area contributed by atoms with Gasteiger partial charge in [0.15, 0.2) is 0 Å². The van der Waals surface area contributed by atoms with Crippen LogP contribution in [-0.4, -0.2) is 19.3 Å². The number of nitrogens with one attached hydrogen (secondary N) is 1. The molecule has 1 N–H and O–H groups in total. The lowest BCUT2D eigenvalue weighted by molar-refractivity contribution is 0.195. The summed E-state index contributed by atoms with van der Waals surface area (Å²) in [5.74, 6) is 0. The fourth-order valence-corrected chi connectivity index (χ4v) is 2.03. The van der Waals surface area contributed by atoms with Crippen LogP contribution >= 0.6 is 0 Å². The zero-order valence-corrected chi connectivity index (χ0v) is 9.55. The molecule has 1 unspecified atom stereocenters. The monoisotopic (exact) mass is 205 g/mol. The summed E-state index contributed by atoms with van der Waals surface area (Å²) in [5.41, 5.74) is 4.04. The normalized spacial score (nSPS) is 20.5. The Morgan fingerprint density at radius 2 is 2.33 bits per heavy atom. The molecular weight excluding hydrogens is 186 g/mol. The smallest absolute Gasteiger partial charge is 0.0668 e. The van der Waals surface area contributed by atoms with E-state index in [2.05, 4.69) is 37.4 Å². The molecule has 2 rings (SSSR count). The van der Waals surface area contributed by atoms with Crippen molar-refractivity contribution in [2.24, 2.45) is 0 Å². The Balaban J connectivity index is 2.07. The van der Waals surface area contributed by atoms with Gasteiger partial charge in [-0.1, -0.05) is 13.0 Å². The Hall–Kier alpha value is -1.02. The quantitative estimate of drug-likeness (QED) is 0.819. The Kier molecular flexibility index (Phi) is 3.27. The number of rotatable bonds is 3. The van der Waals surface area contributed by atoms with E-state index in [1.807, 2.05) is 0 Å². The van der Waals surface area contributed by atoms with Crippen LogP contribution < -0.4 is 5.32 Å². The van der Waals surface area contributed by atoms with Crippen molar-refractivity contribution in [2.45, 2.75) is 32.7 Å². The second-order valence-corrected chi connectivity index (χ2v) is 4.20. The van der Waals surface area contributed by atoms with Gasteiger partial charge in [0.25, 0.3) is 0 Å². The van der Waals surface area contributed by atoms with Crippen molar-refractivity contribution < 1.29 is 4.74 Å². The number of ether oxygens (including phenoxy) is 1. The molecule has 82 valence electrons. The van der Waals surface area contributed by atoms with E-state index < -0.39 is 0 Å². The van der Waals surface area contributed by atoms with Gasteiger partial charge < -0.3 is 10.1 Å². The lowest BCUT2D eigenvalue weighted by Crippen LogP contribution is -2.18. The molecule has 0 aliphatic carbocycles. The minimum Gasteiger partial charge on any atom is -0.380 e. The predicted molar refractivity (Wildman–Crippen MR) is 63.4 cm³/mol. The first-order chi connectivity index (χ1) is 7.29. The molecule has 0 spiro atoms. The van der Waals surface area contributed by atoms with Gasteiger partial charge in [0.05, 0.1) is 12.6 Å². The molecule has 2 nitrogen and oxygen atoms in total.